The number of amides is 3. The predicted molar refractivity (Wildman–Crippen MR) is 121 cm³/mol. The van der Waals surface area contributed by atoms with Crippen LogP contribution in [-0.4, -0.2) is 22.7 Å². The van der Waals surface area contributed by atoms with Crippen molar-refractivity contribution < 1.29 is 14.4 Å². The van der Waals surface area contributed by atoms with Crippen LogP contribution in [0, 0.1) is 0 Å². The van der Waals surface area contributed by atoms with E-state index in [1.54, 1.807) is 0 Å². The Morgan fingerprint density at radius 3 is 2.74 bits per heavy atom. The summed E-state index contributed by atoms with van der Waals surface area (Å²) in [6, 6.07) is 14.8. The number of anilines is 2. The molecular formula is C23H22N4O3S. The Hall–Kier alpha value is -3.52. The maximum Gasteiger partial charge on any atom is 0.228 e. The highest BCUT2D eigenvalue weighted by Crippen LogP contribution is 2.30. The van der Waals surface area contributed by atoms with Crippen LogP contribution in [0.5, 0.6) is 0 Å². The lowest BCUT2D eigenvalue weighted by Gasteiger charge is -2.17. The van der Waals surface area contributed by atoms with E-state index in [-0.39, 0.29) is 24.1 Å². The van der Waals surface area contributed by atoms with E-state index in [1.807, 2.05) is 53.9 Å². The zero-order chi connectivity index (χ0) is 21.8. The fraction of sp³-hybridized carbons (Fsp3) is 0.217. The van der Waals surface area contributed by atoms with Crippen LogP contribution in [0.1, 0.15) is 36.9 Å². The minimum atomic E-state index is -0.408. The number of aryl methyl sites for hydroxylation is 1. The van der Waals surface area contributed by atoms with Gasteiger partial charge in [0.25, 0.3) is 0 Å². The van der Waals surface area contributed by atoms with Crippen LogP contribution in [-0.2, 0) is 20.8 Å². The minimum Gasteiger partial charge on any atom is -0.349 e. The smallest absolute Gasteiger partial charge is 0.228 e. The highest BCUT2D eigenvalue weighted by Gasteiger charge is 2.19. The molecule has 2 heterocycles. The van der Waals surface area contributed by atoms with Gasteiger partial charge in [-0.05, 0) is 29.7 Å². The molecule has 158 valence electrons. The van der Waals surface area contributed by atoms with Crippen molar-refractivity contribution in [2.75, 3.05) is 10.6 Å². The molecular weight excluding hydrogens is 412 g/mol. The normalized spacial score (nSPS) is 13.6. The summed E-state index contributed by atoms with van der Waals surface area (Å²) in [5.74, 6) is -0.384. The van der Waals surface area contributed by atoms with Gasteiger partial charge in [0.15, 0.2) is 5.13 Å². The van der Waals surface area contributed by atoms with Crippen LogP contribution in [0.2, 0.25) is 0 Å². The van der Waals surface area contributed by atoms with Crippen molar-refractivity contribution in [3.63, 3.8) is 0 Å². The van der Waals surface area contributed by atoms with Crippen molar-refractivity contribution >= 4 is 39.9 Å². The van der Waals surface area contributed by atoms with Crippen LogP contribution in [0.25, 0.3) is 11.3 Å². The lowest BCUT2D eigenvalue weighted by atomic mass is 9.99. The van der Waals surface area contributed by atoms with Crippen LogP contribution < -0.4 is 16.0 Å². The van der Waals surface area contributed by atoms with Gasteiger partial charge in [-0.25, -0.2) is 4.98 Å². The van der Waals surface area contributed by atoms with E-state index in [9.17, 15) is 14.4 Å². The molecule has 3 aromatic rings. The van der Waals surface area contributed by atoms with Crippen molar-refractivity contribution in [1.82, 2.24) is 10.3 Å². The van der Waals surface area contributed by atoms with Crippen LogP contribution in [0.4, 0.5) is 10.8 Å². The van der Waals surface area contributed by atoms with Crippen LogP contribution in [0.15, 0.2) is 53.9 Å². The highest BCUT2D eigenvalue weighted by molar-refractivity contribution is 7.14. The van der Waals surface area contributed by atoms with Gasteiger partial charge in [0.05, 0.1) is 18.2 Å². The zero-order valence-corrected chi connectivity index (χ0v) is 17.8. The Bertz CT molecular complexity index is 1130. The summed E-state index contributed by atoms with van der Waals surface area (Å²) in [7, 11) is 0. The maximum absolute atomic E-state index is 12.6. The number of hydrogen-bond acceptors (Lipinski definition) is 5. The number of thiazole rings is 1. The van der Waals surface area contributed by atoms with E-state index in [2.05, 4.69) is 20.9 Å². The summed E-state index contributed by atoms with van der Waals surface area (Å²) < 4.78 is 0. The summed E-state index contributed by atoms with van der Waals surface area (Å²) in [6.45, 7) is 1.44. The molecule has 0 saturated carbocycles. The fourth-order valence-corrected chi connectivity index (χ4v) is 4.28. The summed E-state index contributed by atoms with van der Waals surface area (Å²) in [4.78, 5) is 40.2. The molecule has 0 fully saturated rings. The van der Waals surface area contributed by atoms with E-state index in [1.165, 1.54) is 18.3 Å². The van der Waals surface area contributed by atoms with Gasteiger partial charge in [-0.15, -0.1) is 11.3 Å². The molecule has 8 heteroatoms. The first kappa shape index (κ1) is 20.7. The number of carbonyl (C=O) groups excluding carboxylic acids is 3. The molecule has 0 radical (unpaired) electrons. The second-order valence-electron chi connectivity index (χ2n) is 7.37. The average molecular weight is 435 g/mol. The van der Waals surface area contributed by atoms with Gasteiger partial charge in [0.1, 0.15) is 0 Å². The van der Waals surface area contributed by atoms with E-state index in [0.717, 1.165) is 28.1 Å². The number of nitrogens with zero attached hydrogens (tertiary/aromatic N) is 1. The lowest BCUT2D eigenvalue weighted by Crippen LogP contribution is -2.29. The molecule has 1 atom stereocenters. The third-order valence-corrected chi connectivity index (χ3v) is 5.77. The van der Waals surface area contributed by atoms with E-state index < -0.39 is 6.04 Å². The molecule has 1 aromatic heterocycles. The molecule has 1 unspecified atom stereocenters. The second-order valence-corrected chi connectivity index (χ2v) is 8.23. The van der Waals surface area contributed by atoms with Crippen molar-refractivity contribution in [2.45, 2.75) is 32.2 Å². The molecule has 0 aliphatic carbocycles. The molecule has 1 aliphatic heterocycles. The SMILES string of the molecule is CC(=O)NC(CC(=O)Nc1nc(-c2ccc3c(c2)CCC(=O)N3)cs1)c1ccccc1. The number of fused-ring (bicyclic) bond motifs is 1. The average Bonchev–Trinajstić information content (AvgIpc) is 3.21. The van der Waals surface area contributed by atoms with Gasteiger partial charge in [0.2, 0.25) is 17.7 Å². The van der Waals surface area contributed by atoms with E-state index in [4.69, 9.17) is 0 Å². The largest absolute Gasteiger partial charge is 0.349 e. The first-order valence-corrected chi connectivity index (χ1v) is 10.9. The number of aromatic nitrogens is 1. The van der Waals surface area contributed by atoms with Crippen LogP contribution in [0.3, 0.4) is 0 Å². The van der Waals surface area contributed by atoms with Crippen molar-refractivity contribution in [2.24, 2.45) is 0 Å². The maximum atomic E-state index is 12.6. The first-order chi connectivity index (χ1) is 15.0. The molecule has 3 amide bonds. The molecule has 2 aromatic carbocycles. The molecule has 0 bridgehead atoms. The Kier molecular flexibility index (Phi) is 6.08. The highest BCUT2D eigenvalue weighted by atomic mass is 32.1. The number of benzene rings is 2. The summed E-state index contributed by atoms with van der Waals surface area (Å²) >= 11 is 1.35. The van der Waals surface area contributed by atoms with Gasteiger partial charge in [0, 0.05) is 30.0 Å². The van der Waals surface area contributed by atoms with Gasteiger partial charge < -0.3 is 16.0 Å². The fourth-order valence-electron chi connectivity index (χ4n) is 3.55. The zero-order valence-electron chi connectivity index (χ0n) is 17.0. The number of hydrogen-bond donors (Lipinski definition) is 3. The standard InChI is InChI=1S/C23H22N4O3S/c1-14(28)24-19(15-5-3-2-4-6-15)12-22(30)27-23-26-20(13-31-23)17-7-9-18-16(11-17)8-10-21(29)25-18/h2-7,9,11,13,19H,8,10,12H2,1H3,(H,24,28)(H,25,29)(H,26,27,30). The van der Waals surface area contributed by atoms with Crippen LogP contribution >= 0.6 is 11.3 Å². The summed E-state index contributed by atoms with van der Waals surface area (Å²) in [6.07, 6.45) is 1.29. The van der Waals surface area contributed by atoms with E-state index >= 15 is 0 Å². The molecule has 31 heavy (non-hydrogen) atoms. The van der Waals surface area contributed by atoms with Gasteiger partial charge >= 0.3 is 0 Å². The molecule has 3 N–H and O–H groups in total. The van der Waals surface area contributed by atoms with Gasteiger partial charge in [-0.1, -0.05) is 36.4 Å². The Morgan fingerprint density at radius 1 is 1.16 bits per heavy atom. The molecule has 0 spiro atoms. The third kappa shape index (κ3) is 5.16. The second kappa shape index (κ2) is 9.09. The van der Waals surface area contributed by atoms with E-state index in [0.29, 0.717) is 18.0 Å². The molecule has 1 aliphatic rings. The molecule has 0 saturated heterocycles. The van der Waals surface area contributed by atoms with Crippen molar-refractivity contribution in [3.05, 3.63) is 65.0 Å². The Labute approximate surface area is 183 Å². The predicted octanol–water partition coefficient (Wildman–Crippen LogP) is 3.90. The Morgan fingerprint density at radius 2 is 1.97 bits per heavy atom. The number of nitrogens with one attached hydrogen (secondary N) is 3. The number of rotatable bonds is 6. The topological polar surface area (TPSA) is 100 Å². The molecule has 4 rings (SSSR count). The first-order valence-electron chi connectivity index (χ1n) is 9.98. The minimum absolute atomic E-state index is 0.0342. The summed E-state index contributed by atoms with van der Waals surface area (Å²) in [5, 5.41) is 10.9. The molecule has 7 nitrogen and oxygen atoms in total. The van der Waals surface area contributed by atoms with Gasteiger partial charge in [-0.3, -0.25) is 14.4 Å². The van der Waals surface area contributed by atoms with Crippen molar-refractivity contribution in [1.29, 1.82) is 0 Å². The summed E-state index contributed by atoms with van der Waals surface area (Å²) in [5.41, 5.74) is 4.49. The van der Waals surface area contributed by atoms with Crippen molar-refractivity contribution in [3.8, 4) is 11.3 Å². The Balaban J connectivity index is 1.44. The van der Waals surface area contributed by atoms with Gasteiger partial charge in [-0.2, -0.15) is 0 Å². The third-order valence-electron chi connectivity index (χ3n) is 5.02. The quantitative estimate of drug-likeness (QED) is 0.548. The number of carbonyl (C=O) groups is 3. The monoisotopic (exact) mass is 434 g/mol. The lowest BCUT2D eigenvalue weighted by molar-refractivity contribution is -0.120.